The highest BCUT2D eigenvalue weighted by molar-refractivity contribution is 7.91. The summed E-state index contributed by atoms with van der Waals surface area (Å²) in [4.78, 5) is 172. The molecule has 0 fully saturated rings. The number of sulfonamides is 1. The maximum absolute atomic E-state index is 14.8. The molecule has 7 aromatic carbocycles. The van der Waals surface area contributed by atoms with E-state index >= 15 is 0 Å². The van der Waals surface area contributed by atoms with Gasteiger partial charge in [0.25, 0.3) is 10.0 Å². The minimum Gasteiger partial charge on any atom is -0.480 e. The number of carbonyl (C=O) groups is 9. The lowest BCUT2D eigenvalue weighted by atomic mass is 10.0. The summed E-state index contributed by atoms with van der Waals surface area (Å²) >= 11 is 0.925. The number of imidazole rings is 3. The van der Waals surface area contributed by atoms with Crippen LogP contribution in [0.5, 0.6) is 0 Å². The second-order valence-corrected chi connectivity index (χ2v) is 29.9. The maximum atomic E-state index is 14.8. The van der Waals surface area contributed by atoms with Crippen LogP contribution in [0.25, 0.3) is 43.7 Å². The SMILES string of the molecule is O=C(O)CN(CCNC(=O)CN(CCNC(=O)CN(CCNS(=O)(=O)c1nc2ccccc2s1)C(=O)Cn1cnc2c(NC(=O)OC(c3ccccc3)c3ccccc3)ncnc21)C(=O)Cn1cnc2c(NC(=O)OC(c3ccccc3)c3ccccc3)ncnc21)C(=O)Cn1cnc2c(NC(=O)OC(c3ccccc3)c3ccccc3)ncnc21. The number of nitrogens with zero attached hydrogens (tertiary/aromatic N) is 16. The molecule has 7 N–H and O–H groups in total. The number of para-hydroxylation sites is 1. The Hall–Kier alpha value is -15.4. The van der Waals surface area contributed by atoms with Gasteiger partial charge in [0.15, 0.2) is 69.3 Å². The normalized spacial score (nSPS) is 11.4. The van der Waals surface area contributed by atoms with Gasteiger partial charge in [0.2, 0.25) is 33.9 Å². The van der Waals surface area contributed by atoms with Crippen molar-refractivity contribution in [2.45, 2.75) is 42.3 Å². The molecule has 614 valence electrons. The average Bonchev–Trinajstić information content (AvgIpc) is 1.65. The quantitative estimate of drug-likeness (QED) is 0.0185. The molecule has 14 rings (SSSR count). The Kier molecular flexibility index (Phi) is 26.2. The molecule has 39 heteroatoms. The number of ether oxygens (including phenoxy) is 3. The van der Waals surface area contributed by atoms with Crippen LogP contribution >= 0.6 is 11.3 Å². The molecule has 0 aliphatic carbocycles. The van der Waals surface area contributed by atoms with Crippen LogP contribution in [0.3, 0.4) is 0 Å². The molecular weight excluding hydrogens is 1600 g/mol. The molecule has 0 atom stereocenters. The van der Waals surface area contributed by atoms with Crippen LogP contribution in [-0.4, -0.2) is 204 Å². The molecule has 8 amide bonds. The largest absolute Gasteiger partial charge is 0.480 e. The second-order valence-electron chi connectivity index (χ2n) is 26.9. The van der Waals surface area contributed by atoms with Gasteiger partial charge in [0.05, 0.1) is 42.3 Å². The molecule has 7 aromatic heterocycles. The zero-order valence-electron chi connectivity index (χ0n) is 63.9. The molecule has 14 aromatic rings. The van der Waals surface area contributed by atoms with Gasteiger partial charge in [-0.3, -0.25) is 44.7 Å². The third kappa shape index (κ3) is 20.9. The lowest BCUT2D eigenvalue weighted by Crippen LogP contribution is -2.49. The van der Waals surface area contributed by atoms with Gasteiger partial charge in [-0.2, -0.15) is 0 Å². The van der Waals surface area contributed by atoms with Crippen LogP contribution in [0.4, 0.5) is 31.8 Å². The van der Waals surface area contributed by atoms with Crippen molar-refractivity contribution in [1.29, 1.82) is 0 Å². The first-order valence-electron chi connectivity index (χ1n) is 37.5. The molecule has 0 unspecified atom stereocenters. The van der Waals surface area contributed by atoms with Crippen molar-refractivity contribution in [2.75, 3.05) is 74.9 Å². The van der Waals surface area contributed by atoms with E-state index in [0.29, 0.717) is 43.6 Å². The van der Waals surface area contributed by atoms with Gasteiger partial charge in [0, 0.05) is 39.3 Å². The number of carboxylic acids is 1. The summed E-state index contributed by atoms with van der Waals surface area (Å²) in [6.07, 6.45) is 2.03. The number of thiazole rings is 1. The minimum absolute atomic E-state index is 0.0415. The number of aromatic nitrogens is 13. The van der Waals surface area contributed by atoms with E-state index in [1.54, 1.807) is 72.8 Å². The number of carboxylic acid groups (broad SMARTS) is 1. The fourth-order valence-electron chi connectivity index (χ4n) is 13.0. The van der Waals surface area contributed by atoms with E-state index in [0.717, 1.165) is 45.0 Å². The summed E-state index contributed by atoms with van der Waals surface area (Å²) in [7, 11) is -4.28. The van der Waals surface area contributed by atoms with Gasteiger partial charge < -0.3 is 58.4 Å². The monoisotopic (exact) mass is 1670 g/mol. The Morgan fingerprint density at radius 1 is 0.388 bits per heavy atom. The highest BCUT2D eigenvalue weighted by Gasteiger charge is 2.30. The van der Waals surface area contributed by atoms with Crippen LogP contribution in [0.1, 0.15) is 51.7 Å². The van der Waals surface area contributed by atoms with Crippen LogP contribution in [0.2, 0.25) is 0 Å². The molecule has 0 aliphatic heterocycles. The highest BCUT2D eigenvalue weighted by atomic mass is 32.2. The Morgan fingerprint density at radius 2 is 0.694 bits per heavy atom. The third-order valence-corrected chi connectivity index (χ3v) is 21.6. The summed E-state index contributed by atoms with van der Waals surface area (Å²) < 4.78 is 52.1. The fraction of sp³-hybridized carbons (Fsp3) is 0.183. The first-order valence-corrected chi connectivity index (χ1v) is 39.8. The Morgan fingerprint density at radius 3 is 1.02 bits per heavy atom. The van der Waals surface area contributed by atoms with Crippen molar-refractivity contribution in [3.05, 3.63) is 278 Å². The lowest BCUT2D eigenvalue weighted by Gasteiger charge is -2.25. The van der Waals surface area contributed by atoms with Crippen molar-refractivity contribution in [2.24, 2.45) is 0 Å². The Balaban J connectivity index is 0.664. The predicted molar refractivity (Wildman–Crippen MR) is 439 cm³/mol. The zero-order valence-corrected chi connectivity index (χ0v) is 65.6. The number of hydrogen-bond acceptors (Lipinski definition) is 25. The first-order chi connectivity index (χ1) is 58.8. The molecule has 0 bridgehead atoms. The summed E-state index contributed by atoms with van der Waals surface area (Å²) in [6, 6.07) is 61.2. The fourth-order valence-corrected chi connectivity index (χ4v) is 15.2. The standard InChI is InChI=1S/C82H74N22O15S2/c105-61(84-36-39-101(46-66(110)111)65(109)45-104-52-93-69-75(87-49-90-78(69)104)98-81(114)119-72(57-29-15-5-16-30-57)58-31-17-6-18-32-58)41-99(63(107)43-102-50-91-67-73(85-47-88-76(67)102)96-79(112)117-70(53-21-7-1-8-22-53)54-23-9-2-10-24-54)38-35-83-62(106)42-100(40-37-94-121(115,116)82-95-59-33-19-20-34-60(59)120-82)64(108)44-103-51-92-68-74(86-48-89-77(68)103)97-80(113)118-71(55-25-11-3-12-26-55)56-27-13-4-14-28-56/h1-34,47-52,70-72,94H,35-46H2,(H,83,106)(H,84,105)(H,110,111)(H,85,88,96,112)(H,86,89,97,113)(H,87,90,98,114). The molecule has 0 saturated carbocycles. The lowest BCUT2D eigenvalue weighted by molar-refractivity contribution is -0.144. The summed E-state index contributed by atoms with van der Waals surface area (Å²) in [6.45, 7) is -6.19. The molecule has 0 radical (unpaired) electrons. The van der Waals surface area contributed by atoms with Crippen molar-refractivity contribution < 1.29 is 70.9 Å². The van der Waals surface area contributed by atoms with E-state index in [9.17, 15) is 56.7 Å². The van der Waals surface area contributed by atoms with Crippen molar-refractivity contribution >= 4 is 136 Å². The summed E-state index contributed by atoms with van der Waals surface area (Å²) in [5.41, 5.74) is 4.96. The van der Waals surface area contributed by atoms with E-state index in [4.69, 9.17) is 14.2 Å². The van der Waals surface area contributed by atoms with E-state index in [-0.39, 0.29) is 74.9 Å². The Labute approximate surface area is 691 Å². The van der Waals surface area contributed by atoms with Gasteiger partial charge in [-0.15, -0.1) is 11.3 Å². The van der Waals surface area contributed by atoms with Crippen LogP contribution in [-0.2, 0) is 72.6 Å². The molecule has 0 aliphatic rings. The number of fused-ring (bicyclic) bond motifs is 4. The minimum atomic E-state index is -4.28. The Bertz CT molecular complexity index is 6030. The second kappa shape index (κ2) is 38.6. The molecule has 37 nitrogen and oxygen atoms in total. The topological polar surface area (TPSA) is 461 Å². The van der Waals surface area contributed by atoms with Crippen LogP contribution in [0.15, 0.2) is 249 Å². The number of hydrogen-bond donors (Lipinski definition) is 7. The smallest absolute Gasteiger partial charge is 0.413 e. The molecule has 0 saturated heterocycles. The van der Waals surface area contributed by atoms with Crippen molar-refractivity contribution in [3.8, 4) is 0 Å². The number of nitrogens with one attached hydrogen (secondary N) is 6. The van der Waals surface area contributed by atoms with E-state index in [2.05, 4.69) is 81.1 Å². The summed E-state index contributed by atoms with van der Waals surface area (Å²) in [5, 5.41) is 23.3. The van der Waals surface area contributed by atoms with E-state index in [1.807, 2.05) is 133 Å². The van der Waals surface area contributed by atoms with Gasteiger partial charge in [-0.05, 0) is 45.5 Å². The number of anilines is 3. The third-order valence-electron chi connectivity index (χ3n) is 18.7. The van der Waals surface area contributed by atoms with Crippen LogP contribution in [0, 0.1) is 0 Å². The van der Waals surface area contributed by atoms with Crippen molar-refractivity contribution in [3.63, 3.8) is 0 Å². The highest BCUT2D eigenvalue weighted by Crippen LogP contribution is 2.32. The van der Waals surface area contributed by atoms with Crippen molar-refractivity contribution in [1.82, 2.24) is 93.6 Å². The number of rotatable bonds is 35. The van der Waals surface area contributed by atoms with Gasteiger partial charge >= 0.3 is 24.2 Å². The van der Waals surface area contributed by atoms with Gasteiger partial charge in [0.1, 0.15) is 45.2 Å². The number of amides is 8. The van der Waals surface area contributed by atoms with E-state index < -0.39 is 141 Å². The maximum Gasteiger partial charge on any atom is 0.413 e. The zero-order chi connectivity index (χ0) is 84.2. The molecular formula is C82H74N22O15S2. The van der Waals surface area contributed by atoms with Gasteiger partial charge in [-0.25, -0.2) is 77.4 Å². The average molecular weight is 1670 g/mol. The number of benzene rings is 7. The molecule has 0 spiro atoms. The summed E-state index contributed by atoms with van der Waals surface area (Å²) in [5.74, 6) is -5.47. The van der Waals surface area contributed by atoms with Crippen LogP contribution < -0.4 is 31.3 Å². The number of carbonyl (C=O) groups excluding carboxylic acids is 8. The molecule has 7 heterocycles. The first kappa shape index (κ1) is 82.2. The van der Waals surface area contributed by atoms with E-state index in [1.165, 1.54) is 32.7 Å². The molecule has 121 heavy (non-hydrogen) atoms. The number of aliphatic carboxylic acids is 1. The van der Waals surface area contributed by atoms with Gasteiger partial charge in [-0.1, -0.05) is 194 Å². The predicted octanol–water partition coefficient (Wildman–Crippen LogP) is 7.91.